The Morgan fingerprint density at radius 3 is 2.16 bits per heavy atom. The third-order valence-electron chi connectivity index (χ3n) is 2.87. The lowest BCUT2D eigenvalue weighted by molar-refractivity contribution is 0.294. The summed E-state index contributed by atoms with van der Waals surface area (Å²) < 4.78 is 24.5. The lowest BCUT2D eigenvalue weighted by Gasteiger charge is -2.31. The molecular weight excluding hydrogens is 302 g/mol. The van der Waals surface area contributed by atoms with Gasteiger partial charge in [-0.15, -0.1) is 0 Å². The third kappa shape index (κ3) is 3.41. The van der Waals surface area contributed by atoms with E-state index in [2.05, 4.69) is 4.99 Å². The molecule has 5 nitrogen and oxygen atoms in total. The second kappa shape index (κ2) is 5.97. The van der Waals surface area contributed by atoms with Crippen LogP contribution < -0.4 is 0 Å². The van der Waals surface area contributed by atoms with E-state index in [0.29, 0.717) is 10.3 Å². The molecule has 1 aliphatic rings. The van der Waals surface area contributed by atoms with Crippen LogP contribution in [0.3, 0.4) is 0 Å². The lowest BCUT2D eigenvalue weighted by Crippen LogP contribution is -2.41. The average Bonchev–Trinajstić information content (AvgIpc) is 2.41. The van der Waals surface area contributed by atoms with Gasteiger partial charge in [0.1, 0.15) is 4.58 Å². The Kier molecular flexibility index (Phi) is 5.25. The molecule has 0 amide bonds. The Balaban J connectivity index is 3.01. The number of thiocarbonyl (C=S) groups is 1. The summed E-state index contributed by atoms with van der Waals surface area (Å²) in [4.78, 5) is 6.32. The van der Waals surface area contributed by atoms with Crippen LogP contribution in [-0.4, -0.2) is 51.6 Å². The largest absolute Gasteiger partial charge is 0.343 e. The summed E-state index contributed by atoms with van der Waals surface area (Å²) in [5, 5.41) is 0.882. The van der Waals surface area contributed by atoms with Crippen LogP contribution in [-0.2, 0) is 10.0 Å². The molecule has 1 unspecified atom stereocenters. The van der Waals surface area contributed by atoms with Crippen LogP contribution in [0.2, 0.25) is 0 Å². The van der Waals surface area contributed by atoms with Crippen molar-refractivity contribution < 1.29 is 8.42 Å². The smallest absolute Gasteiger partial charge is 0.248 e. The van der Waals surface area contributed by atoms with Crippen molar-refractivity contribution in [3.8, 4) is 0 Å². The van der Waals surface area contributed by atoms with Crippen LogP contribution in [0.25, 0.3) is 0 Å². The predicted molar refractivity (Wildman–Crippen MR) is 85.9 cm³/mol. The molecule has 8 heteroatoms. The minimum atomic E-state index is -3.28. The zero-order chi connectivity index (χ0) is 15.0. The van der Waals surface area contributed by atoms with E-state index in [1.54, 1.807) is 6.92 Å². The minimum Gasteiger partial charge on any atom is -0.343 e. The highest BCUT2D eigenvalue weighted by Crippen LogP contribution is 2.31. The van der Waals surface area contributed by atoms with Gasteiger partial charge in [-0.25, -0.2) is 8.42 Å². The topological polar surface area (TPSA) is 53.0 Å². The summed E-state index contributed by atoms with van der Waals surface area (Å²) in [6.45, 7) is 9.81. The van der Waals surface area contributed by atoms with Gasteiger partial charge in [0.25, 0.3) is 0 Å². The van der Waals surface area contributed by atoms with E-state index in [1.165, 1.54) is 23.1 Å². The van der Waals surface area contributed by atoms with E-state index in [0.717, 1.165) is 0 Å². The number of thioether (sulfide) groups is 1. The van der Waals surface area contributed by atoms with Gasteiger partial charge in [-0.1, -0.05) is 11.8 Å². The zero-order valence-electron chi connectivity index (χ0n) is 12.1. The van der Waals surface area contributed by atoms with Crippen molar-refractivity contribution >= 4 is 44.3 Å². The predicted octanol–water partition coefficient (Wildman–Crippen LogP) is 2.10. The highest BCUT2D eigenvalue weighted by atomic mass is 32.3. The number of hydrogen-bond donors (Lipinski definition) is 0. The summed E-state index contributed by atoms with van der Waals surface area (Å²) in [5.41, 5.74) is 0. The molecule has 1 saturated heterocycles. The van der Waals surface area contributed by atoms with E-state index in [4.69, 9.17) is 12.2 Å². The first-order chi connectivity index (χ1) is 8.59. The van der Waals surface area contributed by atoms with E-state index in [9.17, 15) is 8.42 Å². The molecule has 0 saturated carbocycles. The molecule has 1 rings (SSSR count). The molecule has 0 N–H and O–H groups in total. The molecule has 0 aromatic heterocycles. The maximum atomic E-state index is 11.9. The van der Waals surface area contributed by atoms with E-state index in [-0.39, 0.29) is 12.1 Å². The summed E-state index contributed by atoms with van der Waals surface area (Å²) in [5.74, 6) is 0. The van der Waals surface area contributed by atoms with Crippen LogP contribution >= 0.6 is 24.0 Å². The van der Waals surface area contributed by atoms with Gasteiger partial charge in [0.05, 0.1) is 0 Å². The first-order valence-electron chi connectivity index (χ1n) is 6.14. The van der Waals surface area contributed by atoms with Gasteiger partial charge in [-0.2, -0.15) is 4.99 Å². The normalized spacial score (nSPS) is 24.5. The van der Waals surface area contributed by atoms with Crippen LogP contribution in [0.1, 0.15) is 34.6 Å². The van der Waals surface area contributed by atoms with Crippen molar-refractivity contribution in [2.45, 2.75) is 51.3 Å². The van der Waals surface area contributed by atoms with E-state index < -0.39 is 14.6 Å². The first kappa shape index (κ1) is 16.7. The molecule has 19 heavy (non-hydrogen) atoms. The third-order valence-corrected chi connectivity index (χ3v) is 6.99. The molecule has 0 aromatic carbocycles. The highest BCUT2D eigenvalue weighted by Gasteiger charge is 2.39. The van der Waals surface area contributed by atoms with Gasteiger partial charge in [0.2, 0.25) is 10.0 Å². The Morgan fingerprint density at radius 1 is 1.37 bits per heavy atom. The molecule has 0 aliphatic carbocycles. The fourth-order valence-electron chi connectivity index (χ4n) is 1.89. The number of sulfonamides is 1. The quantitative estimate of drug-likeness (QED) is 0.729. The fourth-order valence-corrected chi connectivity index (χ4v) is 5.32. The van der Waals surface area contributed by atoms with Gasteiger partial charge in [-0.05, 0) is 46.8 Å². The molecule has 0 aromatic rings. The maximum absolute atomic E-state index is 11.9. The number of aliphatic imine (C=N–C) groups is 1. The van der Waals surface area contributed by atoms with Gasteiger partial charge in [0.15, 0.2) is 10.3 Å². The number of amidine groups is 1. The minimum absolute atomic E-state index is 0.225. The van der Waals surface area contributed by atoms with Gasteiger partial charge in [0, 0.05) is 19.1 Å². The van der Waals surface area contributed by atoms with Crippen molar-refractivity contribution in [3.05, 3.63) is 0 Å². The van der Waals surface area contributed by atoms with Crippen molar-refractivity contribution in [3.63, 3.8) is 0 Å². The zero-order valence-corrected chi connectivity index (χ0v) is 14.6. The molecule has 1 fully saturated rings. The van der Waals surface area contributed by atoms with Crippen molar-refractivity contribution in [1.29, 1.82) is 0 Å². The molecule has 1 aliphatic heterocycles. The van der Waals surface area contributed by atoms with Crippen LogP contribution in [0, 0.1) is 0 Å². The number of nitrogens with zero attached hydrogens (tertiary/aromatic N) is 3. The molecule has 1 atom stereocenters. The van der Waals surface area contributed by atoms with E-state index in [1.807, 2.05) is 32.6 Å². The average molecular weight is 324 g/mol. The molecule has 0 radical (unpaired) electrons. The Hall–Kier alpha value is -0.340. The van der Waals surface area contributed by atoms with Crippen LogP contribution in [0.15, 0.2) is 4.99 Å². The van der Waals surface area contributed by atoms with Gasteiger partial charge in [-0.3, -0.25) is 4.31 Å². The Morgan fingerprint density at radius 2 is 1.84 bits per heavy atom. The van der Waals surface area contributed by atoms with Crippen LogP contribution in [0.4, 0.5) is 0 Å². The van der Waals surface area contributed by atoms with Crippen molar-refractivity contribution in [1.82, 2.24) is 9.21 Å². The van der Waals surface area contributed by atoms with E-state index >= 15 is 0 Å². The number of hydrogen-bond acceptors (Lipinski definition) is 4. The standard InChI is InChI=1S/C11H21N3O2S3/c1-7(2)14(8(3)4)10(17)12-11-13(6)19(15,16)9(5)18-11/h7-9H,1-6H3/b12-11+. The van der Waals surface area contributed by atoms with Crippen molar-refractivity contribution in [2.24, 2.45) is 4.99 Å². The summed E-state index contributed by atoms with van der Waals surface area (Å²) >= 11 is 6.56. The van der Waals surface area contributed by atoms with Gasteiger partial charge < -0.3 is 4.90 Å². The summed E-state index contributed by atoms with van der Waals surface area (Å²) in [7, 11) is -1.76. The second-order valence-corrected chi connectivity index (χ2v) is 9.23. The second-order valence-electron chi connectivity index (χ2n) is 4.97. The first-order valence-corrected chi connectivity index (χ1v) is 8.93. The maximum Gasteiger partial charge on any atom is 0.248 e. The molecule has 1 heterocycles. The monoisotopic (exact) mass is 323 g/mol. The fraction of sp³-hybridized carbons (Fsp3) is 0.818. The van der Waals surface area contributed by atoms with Crippen LogP contribution in [0.5, 0.6) is 0 Å². The molecule has 0 bridgehead atoms. The van der Waals surface area contributed by atoms with Crippen molar-refractivity contribution in [2.75, 3.05) is 7.05 Å². The highest BCUT2D eigenvalue weighted by molar-refractivity contribution is 8.26. The summed E-state index contributed by atoms with van der Waals surface area (Å²) in [6, 6.07) is 0.449. The molecule has 0 spiro atoms. The van der Waals surface area contributed by atoms with Gasteiger partial charge >= 0.3 is 0 Å². The lowest BCUT2D eigenvalue weighted by atomic mass is 10.2. The Bertz CT molecular complexity index is 477. The SMILES string of the molecule is CC(C)N(C(=S)/N=C1/SC(C)S(=O)(=O)N1C)C(C)C. The molecule has 110 valence electrons. The Labute approximate surface area is 125 Å². The number of rotatable bonds is 2. The molecular formula is C11H21N3O2S3. The summed E-state index contributed by atoms with van der Waals surface area (Å²) in [6.07, 6.45) is 0.